The highest BCUT2D eigenvalue weighted by molar-refractivity contribution is 5.76. The number of rotatable bonds is 3. The Labute approximate surface area is 133 Å². The van der Waals surface area contributed by atoms with Crippen LogP contribution in [-0.4, -0.2) is 22.6 Å². The zero-order chi connectivity index (χ0) is 14.8. The second-order valence-corrected chi connectivity index (χ2v) is 7.10. The van der Waals surface area contributed by atoms with Gasteiger partial charge >= 0.3 is 0 Å². The number of aromatic nitrogens is 2. The molecule has 1 aliphatic heterocycles. The Hall–Kier alpha value is -1.35. The van der Waals surface area contributed by atoms with E-state index in [1.54, 1.807) is 0 Å². The van der Waals surface area contributed by atoms with Gasteiger partial charge < -0.3 is 9.88 Å². The van der Waals surface area contributed by atoms with E-state index in [1.807, 2.05) is 0 Å². The molecule has 4 rings (SSSR count). The monoisotopic (exact) mass is 297 g/mol. The normalized spacial score (nSPS) is 21.5. The van der Waals surface area contributed by atoms with E-state index in [4.69, 9.17) is 4.98 Å². The molecule has 1 aromatic heterocycles. The molecular weight excluding hydrogens is 270 g/mol. The Morgan fingerprint density at radius 1 is 1.00 bits per heavy atom. The molecule has 0 atom stereocenters. The van der Waals surface area contributed by atoms with E-state index in [1.165, 1.54) is 74.9 Å². The maximum Gasteiger partial charge on any atom is 0.112 e. The lowest BCUT2D eigenvalue weighted by Crippen LogP contribution is -2.30. The second-order valence-electron chi connectivity index (χ2n) is 7.10. The van der Waals surface area contributed by atoms with Crippen LogP contribution in [0, 0.1) is 5.92 Å². The molecule has 0 amide bonds. The third-order valence-electron chi connectivity index (χ3n) is 5.55. The number of para-hydroxylation sites is 2. The van der Waals surface area contributed by atoms with E-state index in [0.717, 1.165) is 12.5 Å². The molecule has 2 aliphatic rings. The first kappa shape index (κ1) is 14.3. The van der Waals surface area contributed by atoms with E-state index < -0.39 is 0 Å². The molecule has 2 fully saturated rings. The van der Waals surface area contributed by atoms with Crippen molar-refractivity contribution in [3.63, 3.8) is 0 Å². The van der Waals surface area contributed by atoms with Crippen molar-refractivity contribution < 1.29 is 0 Å². The number of piperidine rings is 1. The minimum absolute atomic E-state index is 0.683. The van der Waals surface area contributed by atoms with E-state index in [2.05, 4.69) is 34.1 Å². The lowest BCUT2D eigenvalue weighted by molar-refractivity contribution is 0.324. The predicted molar refractivity (Wildman–Crippen MR) is 91.2 cm³/mol. The van der Waals surface area contributed by atoms with Gasteiger partial charge in [-0.3, -0.25) is 0 Å². The summed E-state index contributed by atoms with van der Waals surface area (Å²) in [4.78, 5) is 5.05. The smallest absolute Gasteiger partial charge is 0.112 e. The summed E-state index contributed by atoms with van der Waals surface area (Å²) >= 11 is 0. The van der Waals surface area contributed by atoms with E-state index >= 15 is 0 Å². The van der Waals surface area contributed by atoms with Gasteiger partial charge in [-0.05, 0) is 56.8 Å². The molecule has 22 heavy (non-hydrogen) atoms. The van der Waals surface area contributed by atoms with Gasteiger partial charge in [0.25, 0.3) is 0 Å². The van der Waals surface area contributed by atoms with Crippen molar-refractivity contribution in [3.8, 4) is 0 Å². The van der Waals surface area contributed by atoms with Crippen LogP contribution in [0.1, 0.15) is 56.7 Å². The lowest BCUT2D eigenvalue weighted by Gasteiger charge is -2.27. The van der Waals surface area contributed by atoms with Gasteiger partial charge in [-0.2, -0.15) is 0 Å². The van der Waals surface area contributed by atoms with Crippen LogP contribution < -0.4 is 5.32 Å². The van der Waals surface area contributed by atoms with Gasteiger partial charge in [-0.25, -0.2) is 4.98 Å². The summed E-state index contributed by atoms with van der Waals surface area (Å²) in [6.45, 7) is 3.51. The van der Waals surface area contributed by atoms with E-state index in [-0.39, 0.29) is 0 Å². The molecule has 3 heteroatoms. The molecule has 0 radical (unpaired) electrons. The van der Waals surface area contributed by atoms with E-state index in [9.17, 15) is 0 Å². The molecule has 0 spiro atoms. The molecule has 1 aromatic carbocycles. The topological polar surface area (TPSA) is 29.9 Å². The van der Waals surface area contributed by atoms with Gasteiger partial charge in [0.2, 0.25) is 0 Å². The first-order valence-electron chi connectivity index (χ1n) is 9.08. The fraction of sp³-hybridized carbons (Fsp3) is 0.632. The quantitative estimate of drug-likeness (QED) is 0.925. The van der Waals surface area contributed by atoms with Crippen molar-refractivity contribution in [2.24, 2.45) is 5.92 Å². The highest BCUT2D eigenvalue weighted by Crippen LogP contribution is 2.34. The maximum absolute atomic E-state index is 5.05. The zero-order valence-corrected chi connectivity index (χ0v) is 13.4. The van der Waals surface area contributed by atoms with Crippen LogP contribution in [0.3, 0.4) is 0 Å². The first-order chi connectivity index (χ1) is 10.9. The molecular formula is C19H27N3. The summed E-state index contributed by atoms with van der Waals surface area (Å²) in [6.07, 6.45) is 9.42. The summed E-state index contributed by atoms with van der Waals surface area (Å²) in [5.74, 6) is 2.86. The highest BCUT2D eigenvalue weighted by atomic mass is 15.1. The Morgan fingerprint density at radius 2 is 1.77 bits per heavy atom. The van der Waals surface area contributed by atoms with Crippen LogP contribution in [0.2, 0.25) is 0 Å². The Bertz CT molecular complexity index is 619. The van der Waals surface area contributed by atoms with Gasteiger partial charge in [0.15, 0.2) is 0 Å². The Kier molecular flexibility index (Phi) is 4.15. The highest BCUT2D eigenvalue weighted by Gasteiger charge is 2.24. The number of hydrogen-bond donors (Lipinski definition) is 1. The molecule has 1 N–H and O–H groups in total. The molecule has 1 aliphatic carbocycles. The average molecular weight is 297 g/mol. The number of nitrogens with zero attached hydrogens (tertiary/aromatic N) is 2. The lowest BCUT2D eigenvalue weighted by atomic mass is 9.88. The number of benzene rings is 1. The zero-order valence-electron chi connectivity index (χ0n) is 13.4. The number of hydrogen-bond acceptors (Lipinski definition) is 2. The van der Waals surface area contributed by atoms with Crippen molar-refractivity contribution in [1.82, 2.24) is 14.9 Å². The SMILES string of the molecule is c1ccc2c(c1)nc(C1CCCCC1)n2CC1CCNCC1. The fourth-order valence-electron chi connectivity index (χ4n) is 4.28. The Morgan fingerprint density at radius 3 is 2.59 bits per heavy atom. The number of fused-ring (bicyclic) bond motifs is 1. The van der Waals surface area contributed by atoms with Gasteiger partial charge in [0, 0.05) is 12.5 Å². The molecule has 1 saturated heterocycles. The van der Waals surface area contributed by atoms with Crippen LogP contribution in [0.4, 0.5) is 0 Å². The molecule has 2 heterocycles. The van der Waals surface area contributed by atoms with E-state index in [0.29, 0.717) is 5.92 Å². The van der Waals surface area contributed by atoms with Crippen molar-refractivity contribution in [2.75, 3.05) is 13.1 Å². The summed E-state index contributed by atoms with van der Waals surface area (Å²) in [6, 6.07) is 8.72. The third kappa shape index (κ3) is 2.79. The largest absolute Gasteiger partial charge is 0.327 e. The molecule has 0 bridgehead atoms. The first-order valence-corrected chi connectivity index (χ1v) is 9.08. The van der Waals surface area contributed by atoms with Crippen molar-refractivity contribution >= 4 is 11.0 Å². The van der Waals surface area contributed by atoms with Crippen LogP contribution in [-0.2, 0) is 6.54 Å². The number of imidazole rings is 1. The van der Waals surface area contributed by atoms with Gasteiger partial charge in [-0.15, -0.1) is 0 Å². The third-order valence-corrected chi connectivity index (χ3v) is 5.55. The predicted octanol–water partition coefficient (Wildman–Crippen LogP) is 4.08. The van der Waals surface area contributed by atoms with Crippen LogP contribution >= 0.6 is 0 Å². The summed E-state index contributed by atoms with van der Waals surface area (Å²) in [7, 11) is 0. The summed E-state index contributed by atoms with van der Waals surface area (Å²) in [5, 5.41) is 3.48. The van der Waals surface area contributed by atoms with Crippen molar-refractivity contribution in [2.45, 2.75) is 57.4 Å². The molecule has 0 unspecified atom stereocenters. The minimum atomic E-state index is 0.683. The molecule has 2 aromatic rings. The van der Waals surface area contributed by atoms with Crippen LogP contribution in [0.15, 0.2) is 24.3 Å². The number of nitrogens with one attached hydrogen (secondary N) is 1. The summed E-state index contributed by atoms with van der Waals surface area (Å²) < 4.78 is 2.57. The molecule has 3 nitrogen and oxygen atoms in total. The molecule has 118 valence electrons. The average Bonchev–Trinajstić information content (AvgIpc) is 2.95. The van der Waals surface area contributed by atoms with Gasteiger partial charge in [0.1, 0.15) is 5.82 Å². The van der Waals surface area contributed by atoms with Crippen LogP contribution in [0.5, 0.6) is 0 Å². The van der Waals surface area contributed by atoms with Gasteiger partial charge in [-0.1, -0.05) is 31.4 Å². The van der Waals surface area contributed by atoms with Crippen molar-refractivity contribution in [3.05, 3.63) is 30.1 Å². The minimum Gasteiger partial charge on any atom is -0.327 e. The summed E-state index contributed by atoms with van der Waals surface area (Å²) in [5.41, 5.74) is 2.54. The van der Waals surface area contributed by atoms with Crippen molar-refractivity contribution in [1.29, 1.82) is 0 Å². The second kappa shape index (κ2) is 6.41. The standard InChI is InChI=1S/C19H27N3/c1-2-6-16(7-3-1)19-21-17-8-4-5-9-18(17)22(19)14-15-10-12-20-13-11-15/h4-5,8-9,15-16,20H,1-3,6-7,10-14H2. The fourth-order valence-corrected chi connectivity index (χ4v) is 4.28. The molecule has 1 saturated carbocycles. The van der Waals surface area contributed by atoms with Crippen LogP contribution in [0.25, 0.3) is 11.0 Å². The maximum atomic E-state index is 5.05. The Balaban J connectivity index is 1.69. The van der Waals surface area contributed by atoms with Gasteiger partial charge in [0.05, 0.1) is 11.0 Å².